The van der Waals surface area contributed by atoms with Crippen LogP contribution in [-0.4, -0.2) is 12.0 Å². The summed E-state index contributed by atoms with van der Waals surface area (Å²) in [6.45, 7) is 6.79. The zero-order chi connectivity index (χ0) is 14.0. The fraction of sp³-hybridized carbons (Fsp3) is 0.400. The lowest BCUT2D eigenvalue weighted by Gasteiger charge is -2.03. The van der Waals surface area contributed by atoms with Crippen LogP contribution < -0.4 is 5.32 Å². The number of halogens is 1. The van der Waals surface area contributed by atoms with Crippen molar-refractivity contribution in [2.75, 3.05) is 7.05 Å². The Balaban J connectivity index is 2.51. The third kappa shape index (κ3) is 2.85. The molecule has 0 spiro atoms. The van der Waals surface area contributed by atoms with Crippen LogP contribution in [0.4, 0.5) is 4.39 Å². The van der Waals surface area contributed by atoms with E-state index >= 15 is 0 Å². The fourth-order valence-corrected chi connectivity index (χ4v) is 3.28. The maximum absolute atomic E-state index is 14.2. The molecule has 0 fully saturated rings. The van der Waals surface area contributed by atoms with Crippen LogP contribution in [-0.2, 0) is 6.54 Å². The number of hydrogen-bond acceptors (Lipinski definition) is 3. The first-order chi connectivity index (χ1) is 9.04. The van der Waals surface area contributed by atoms with Gasteiger partial charge in [-0.2, -0.15) is 0 Å². The summed E-state index contributed by atoms with van der Waals surface area (Å²) in [6.07, 6.45) is 0. The van der Waals surface area contributed by atoms with Gasteiger partial charge in [0, 0.05) is 17.0 Å². The molecular formula is C15H19FN2S. The van der Waals surface area contributed by atoms with E-state index in [4.69, 9.17) is 0 Å². The maximum atomic E-state index is 14.2. The topological polar surface area (TPSA) is 24.9 Å². The van der Waals surface area contributed by atoms with Gasteiger partial charge in [0.05, 0.1) is 5.69 Å². The predicted molar refractivity (Wildman–Crippen MR) is 79.1 cm³/mol. The summed E-state index contributed by atoms with van der Waals surface area (Å²) >= 11 is 1.57. The minimum atomic E-state index is -0.164. The van der Waals surface area contributed by atoms with Crippen molar-refractivity contribution in [2.45, 2.75) is 33.2 Å². The average molecular weight is 278 g/mol. The van der Waals surface area contributed by atoms with Gasteiger partial charge in [-0.15, -0.1) is 11.3 Å². The first kappa shape index (κ1) is 14.2. The van der Waals surface area contributed by atoms with Crippen LogP contribution in [0.2, 0.25) is 0 Å². The third-order valence-electron chi connectivity index (χ3n) is 3.03. The molecule has 0 bridgehead atoms. The van der Waals surface area contributed by atoms with Gasteiger partial charge in [0.1, 0.15) is 10.8 Å². The van der Waals surface area contributed by atoms with E-state index < -0.39 is 0 Å². The summed E-state index contributed by atoms with van der Waals surface area (Å²) in [5, 5.41) is 3.92. The highest BCUT2D eigenvalue weighted by Gasteiger charge is 2.17. The lowest BCUT2D eigenvalue weighted by Crippen LogP contribution is -2.06. The van der Waals surface area contributed by atoms with Crippen molar-refractivity contribution in [3.63, 3.8) is 0 Å². The summed E-state index contributed by atoms with van der Waals surface area (Å²) in [5.41, 5.74) is 2.33. The van der Waals surface area contributed by atoms with Crippen molar-refractivity contribution in [2.24, 2.45) is 0 Å². The molecule has 1 aromatic carbocycles. The molecule has 0 aliphatic heterocycles. The SMILES string of the molecule is CNCc1sc(-c2cccc(C)c2F)nc1C(C)C. The second kappa shape index (κ2) is 5.80. The number of nitrogens with zero attached hydrogens (tertiary/aromatic N) is 1. The average Bonchev–Trinajstić information content (AvgIpc) is 2.77. The molecule has 0 aliphatic rings. The van der Waals surface area contributed by atoms with Crippen molar-refractivity contribution >= 4 is 11.3 Å². The quantitative estimate of drug-likeness (QED) is 0.910. The van der Waals surface area contributed by atoms with Crippen molar-refractivity contribution in [1.29, 1.82) is 0 Å². The Kier molecular flexibility index (Phi) is 4.32. The third-order valence-corrected chi connectivity index (χ3v) is 4.14. The van der Waals surface area contributed by atoms with E-state index in [9.17, 15) is 4.39 Å². The molecule has 2 aromatic rings. The summed E-state index contributed by atoms with van der Waals surface area (Å²) in [5.74, 6) is 0.184. The van der Waals surface area contributed by atoms with Gasteiger partial charge < -0.3 is 5.32 Å². The van der Waals surface area contributed by atoms with E-state index in [0.717, 1.165) is 17.2 Å². The summed E-state index contributed by atoms with van der Waals surface area (Å²) in [4.78, 5) is 5.83. The molecule has 0 radical (unpaired) electrons. The second-order valence-corrected chi connectivity index (χ2v) is 6.03. The Morgan fingerprint density at radius 3 is 2.74 bits per heavy atom. The van der Waals surface area contributed by atoms with Crippen LogP contribution in [0.5, 0.6) is 0 Å². The van der Waals surface area contributed by atoms with Gasteiger partial charge in [-0.1, -0.05) is 26.0 Å². The molecule has 0 unspecified atom stereocenters. The zero-order valence-corrected chi connectivity index (χ0v) is 12.6. The van der Waals surface area contributed by atoms with Gasteiger partial charge in [-0.05, 0) is 31.5 Å². The van der Waals surface area contributed by atoms with Crippen LogP contribution >= 0.6 is 11.3 Å². The number of aromatic nitrogens is 1. The van der Waals surface area contributed by atoms with Crippen LogP contribution in [0, 0.1) is 12.7 Å². The number of aryl methyl sites for hydroxylation is 1. The molecule has 102 valence electrons. The fourth-order valence-electron chi connectivity index (χ4n) is 2.03. The molecule has 1 N–H and O–H groups in total. The predicted octanol–water partition coefficient (Wildman–Crippen LogP) is 4.10. The Hall–Kier alpha value is -1.26. The lowest BCUT2D eigenvalue weighted by atomic mass is 10.1. The molecule has 4 heteroatoms. The highest BCUT2D eigenvalue weighted by atomic mass is 32.1. The summed E-state index contributed by atoms with van der Waals surface area (Å²) in [6, 6.07) is 5.46. The van der Waals surface area contributed by atoms with E-state index in [1.165, 1.54) is 4.88 Å². The van der Waals surface area contributed by atoms with E-state index in [-0.39, 0.29) is 5.82 Å². The van der Waals surface area contributed by atoms with Crippen molar-refractivity contribution in [1.82, 2.24) is 10.3 Å². The molecule has 1 aromatic heterocycles. The monoisotopic (exact) mass is 278 g/mol. The van der Waals surface area contributed by atoms with Crippen LogP contribution in [0.15, 0.2) is 18.2 Å². The normalized spacial score (nSPS) is 11.3. The Morgan fingerprint density at radius 2 is 2.11 bits per heavy atom. The first-order valence-corrected chi connectivity index (χ1v) is 7.26. The van der Waals surface area contributed by atoms with Gasteiger partial charge in [0.15, 0.2) is 0 Å². The van der Waals surface area contributed by atoms with Crippen molar-refractivity contribution in [3.05, 3.63) is 40.2 Å². The van der Waals surface area contributed by atoms with E-state index in [0.29, 0.717) is 17.0 Å². The summed E-state index contributed by atoms with van der Waals surface area (Å²) in [7, 11) is 1.91. The molecule has 0 saturated heterocycles. The molecular weight excluding hydrogens is 259 g/mol. The second-order valence-electron chi connectivity index (χ2n) is 4.95. The lowest BCUT2D eigenvalue weighted by molar-refractivity contribution is 0.622. The van der Waals surface area contributed by atoms with Gasteiger partial charge >= 0.3 is 0 Å². The molecule has 0 saturated carbocycles. The molecule has 1 heterocycles. The van der Waals surface area contributed by atoms with Gasteiger partial charge in [0.2, 0.25) is 0 Å². The minimum Gasteiger partial charge on any atom is -0.315 e. The Bertz CT molecular complexity index is 576. The molecule has 2 nitrogen and oxygen atoms in total. The molecule has 19 heavy (non-hydrogen) atoms. The number of benzene rings is 1. The zero-order valence-electron chi connectivity index (χ0n) is 11.7. The Morgan fingerprint density at radius 1 is 1.37 bits per heavy atom. The van der Waals surface area contributed by atoms with Crippen LogP contribution in [0.25, 0.3) is 10.6 Å². The van der Waals surface area contributed by atoms with E-state index in [2.05, 4.69) is 24.1 Å². The summed E-state index contributed by atoms with van der Waals surface area (Å²) < 4.78 is 14.2. The van der Waals surface area contributed by atoms with Crippen LogP contribution in [0.1, 0.15) is 35.9 Å². The highest BCUT2D eigenvalue weighted by molar-refractivity contribution is 7.15. The van der Waals surface area contributed by atoms with Crippen molar-refractivity contribution < 1.29 is 4.39 Å². The van der Waals surface area contributed by atoms with E-state index in [1.54, 1.807) is 30.4 Å². The number of nitrogens with one attached hydrogen (secondary N) is 1. The molecule has 2 rings (SSSR count). The maximum Gasteiger partial charge on any atom is 0.136 e. The van der Waals surface area contributed by atoms with Crippen LogP contribution in [0.3, 0.4) is 0 Å². The Labute approximate surface area is 117 Å². The van der Waals surface area contributed by atoms with Crippen molar-refractivity contribution in [3.8, 4) is 10.6 Å². The molecule has 0 aliphatic carbocycles. The van der Waals surface area contributed by atoms with Gasteiger partial charge in [-0.25, -0.2) is 9.37 Å². The van der Waals surface area contributed by atoms with E-state index in [1.807, 2.05) is 13.1 Å². The van der Waals surface area contributed by atoms with Gasteiger partial charge in [0.25, 0.3) is 0 Å². The van der Waals surface area contributed by atoms with Gasteiger partial charge in [-0.3, -0.25) is 0 Å². The molecule has 0 amide bonds. The minimum absolute atomic E-state index is 0.164. The number of thiazole rings is 1. The highest BCUT2D eigenvalue weighted by Crippen LogP contribution is 2.33. The number of hydrogen-bond donors (Lipinski definition) is 1. The number of rotatable bonds is 4. The molecule has 0 atom stereocenters. The standard InChI is InChI=1S/C15H19FN2S/c1-9(2)14-12(8-17-4)19-15(18-14)11-7-5-6-10(3)13(11)16/h5-7,9,17H,8H2,1-4H3. The first-order valence-electron chi connectivity index (χ1n) is 6.44. The largest absolute Gasteiger partial charge is 0.315 e. The smallest absolute Gasteiger partial charge is 0.136 e.